The molecule has 3 N–H and O–H groups in total. The molecule has 6 heteroatoms. The quantitative estimate of drug-likeness (QED) is 0.665. The van der Waals surface area contributed by atoms with Gasteiger partial charge in [0.1, 0.15) is 5.82 Å². The van der Waals surface area contributed by atoms with Gasteiger partial charge in [0, 0.05) is 11.6 Å². The van der Waals surface area contributed by atoms with Crippen LogP contribution in [0.3, 0.4) is 0 Å². The minimum Gasteiger partial charge on any atom is -0.505 e. The SMILES string of the molecule is O=C(O)C(O)c1cc(O)c(F)cc1F. The molecule has 0 aliphatic carbocycles. The average Bonchev–Trinajstić information content (AvgIpc) is 2.10. The van der Waals surface area contributed by atoms with Crippen LogP contribution in [0, 0.1) is 11.6 Å². The smallest absolute Gasteiger partial charge is 0.337 e. The zero-order chi connectivity index (χ0) is 10.9. The van der Waals surface area contributed by atoms with Crippen LogP contribution in [0.1, 0.15) is 11.7 Å². The highest BCUT2D eigenvalue weighted by atomic mass is 19.1. The Morgan fingerprint density at radius 1 is 1.29 bits per heavy atom. The van der Waals surface area contributed by atoms with Gasteiger partial charge in [0.05, 0.1) is 0 Å². The number of hydrogen-bond acceptors (Lipinski definition) is 3. The summed E-state index contributed by atoms with van der Waals surface area (Å²) in [5.74, 6) is -5.05. The highest BCUT2D eigenvalue weighted by Gasteiger charge is 2.21. The van der Waals surface area contributed by atoms with Crippen molar-refractivity contribution in [1.29, 1.82) is 0 Å². The van der Waals surface area contributed by atoms with Gasteiger partial charge in [0.25, 0.3) is 0 Å². The van der Waals surface area contributed by atoms with Crippen molar-refractivity contribution < 1.29 is 28.9 Å². The molecule has 0 radical (unpaired) electrons. The molecule has 1 unspecified atom stereocenters. The number of hydrogen-bond donors (Lipinski definition) is 3. The number of benzene rings is 1. The van der Waals surface area contributed by atoms with Crippen molar-refractivity contribution in [2.45, 2.75) is 6.10 Å². The van der Waals surface area contributed by atoms with E-state index >= 15 is 0 Å². The fraction of sp³-hybridized carbons (Fsp3) is 0.125. The first kappa shape index (κ1) is 10.4. The summed E-state index contributed by atoms with van der Waals surface area (Å²) in [6.45, 7) is 0. The number of carboxylic acid groups (broad SMARTS) is 1. The van der Waals surface area contributed by atoms with Crippen LogP contribution in [0.25, 0.3) is 0 Å². The van der Waals surface area contributed by atoms with E-state index in [1.807, 2.05) is 0 Å². The number of halogens is 2. The van der Waals surface area contributed by atoms with Crippen molar-refractivity contribution in [1.82, 2.24) is 0 Å². The first-order valence-corrected chi connectivity index (χ1v) is 3.52. The second-order valence-electron chi connectivity index (χ2n) is 2.57. The van der Waals surface area contributed by atoms with Gasteiger partial charge in [-0.15, -0.1) is 0 Å². The average molecular weight is 204 g/mol. The van der Waals surface area contributed by atoms with E-state index in [9.17, 15) is 13.6 Å². The lowest BCUT2D eigenvalue weighted by Crippen LogP contribution is -2.12. The fourth-order valence-corrected chi connectivity index (χ4v) is 0.896. The maximum atomic E-state index is 12.9. The zero-order valence-corrected chi connectivity index (χ0v) is 6.74. The predicted octanol–water partition coefficient (Wildman–Crippen LogP) is 0.788. The molecule has 0 bridgehead atoms. The Kier molecular flexibility index (Phi) is 2.66. The number of phenols is 1. The second-order valence-corrected chi connectivity index (χ2v) is 2.57. The van der Waals surface area contributed by atoms with Gasteiger partial charge in [0.15, 0.2) is 17.7 Å². The van der Waals surface area contributed by atoms with Crippen molar-refractivity contribution in [2.75, 3.05) is 0 Å². The van der Waals surface area contributed by atoms with E-state index < -0.39 is 35.0 Å². The number of aliphatic hydroxyl groups excluding tert-OH is 1. The van der Waals surface area contributed by atoms with E-state index in [1.165, 1.54) is 0 Å². The van der Waals surface area contributed by atoms with Gasteiger partial charge in [-0.1, -0.05) is 0 Å². The molecule has 0 aromatic heterocycles. The van der Waals surface area contributed by atoms with Gasteiger partial charge in [-0.2, -0.15) is 0 Å². The number of rotatable bonds is 2. The predicted molar refractivity (Wildman–Crippen MR) is 40.6 cm³/mol. The molecule has 0 amide bonds. The topological polar surface area (TPSA) is 77.8 Å². The van der Waals surface area contributed by atoms with E-state index in [-0.39, 0.29) is 0 Å². The van der Waals surface area contributed by atoms with Crippen molar-refractivity contribution >= 4 is 5.97 Å². The lowest BCUT2D eigenvalue weighted by Gasteiger charge is -2.07. The monoisotopic (exact) mass is 204 g/mol. The maximum Gasteiger partial charge on any atom is 0.337 e. The third kappa shape index (κ3) is 1.80. The Hall–Kier alpha value is -1.69. The normalized spacial score (nSPS) is 12.5. The van der Waals surface area contributed by atoms with Crippen molar-refractivity contribution in [3.05, 3.63) is 29.3 Å². The van der Waals surface area contributed by atoms with E-state index in [2.05, 4.69) is 0 Å². The molecule has 0 saturated heterocycles. The molecule has 0 aliphatic heterocycles. The first-order chi connectivity index (χ1) is 6.43. The van der Waals surface area contributed by atoms with Crippen LogP contribution in [-0.2, 0) is 4.79 Å². The molecule has 1 atom stereocenters. The van der Waals surface area contributed by atoms with Gasteiger partial charge in [-0.3, -0.25) is 0 Å². The van der Waals surface area contributed by atoms with Crippen LogP contribution >= 0.6 is 0 Å². The molecular weight excluding hydrogens is 198 g/mol. The summed E-state index contributed by atoms with van der Waals surface area (Å²) < 4.78 is 25.4. The molecule has 0 spiro atoms. The number of aliphatic carboxylic acids is 1. The summed E-state index contributed by atoms with van der Waals surface area (Å²) in [6.07, 6.45) is -2.12. The molecule has 76 valence electrons. The van der Waals surface area contributed by atoms with Crippen LogP contribution in [0.2, 0.25) is 0 Å². The standard InChI is InChI=1S/C8H6F2O4/c9-4-2-5(10)6(11)1-3(4)7(12)8(13)14/h1-2,7,11-12H,(H,13,14). The molecule has 0 fully saturated rings. The molecule has 1 rings (SSSR count). The Morgan fingerprint density at radius 3 is 2.36 bits per heavy atom. The molecule has 1 aromatic carbocycles. The number of carboxylic acids is 1. The van der Waals surface area contributed by atoms with Crippen LogP contribution < -0.4 is 0 Å². The van der Waals surface area contributed by atoms with Crippen molar-refractivity contribution in [2.24, 2.45) is 0 Å². The summed E-state index contributed by atoms with van der Waals surface area (Å²) in [5, 5.41) is 26.1. The van der Waals surface area contributed by atoms with Gasteiger partial charge in [0.2, 0.25) is 0 Å². The third-order valence-electron chi connectivity index (χ3n) is 1.59. The van der Waals surface area contributed by atoms with Crippen LogP contribution in [0.5, 0.6) is 5.75 Å². The Labute approximate surface area is 77.0 Å². The Morgan fingerprint density at radius 2 is 1.86 bits per heavy atom. The first-order valence-electron chi connectivity index (χ1n) is 3.52. The largest absolute Gasteiger partial charge is 0.505 e. The lowest BCUT2D eigenvalue weighted by molar-refractivity contribution is -0.147. The summed E-state index contributed by atoms with van der Waals surface area (Å²) in [7, 11) is 0. The summed E-state index contributed by atoms with van der Waals surface area (Å²) >= 11 is 0. The molecule has 0 aliphatic rings. The van der Waals surface area contributed by atoms with E-state index in [1.54, 1.807) is 0 Å². The highest BCUT2D eigenvalue weighted by Crippen LogP contribution is 2.24. The second kappa shape index (κ2) is 3.59. The van der Waals surface area contributed by atoms with Gasteiger partial charge in [-0.05, 0) is 6.07 Å². The van der Waals surface area contributed by atoms with Gasteiger partial charge < -0.3 is 15.3 Å². The van der Waals surface area contributed by atoms with Crippen LogP contribution in [0.4, 0.5) is 8.78 Å². The van der Waals surface area contributed by atoms with E-state index in [4.69, 9.17) is 15.3 Å². The molecule has 0 saturated carbocycles. The molecular formula is C8H6F2O4. The van der Waals surface area contributed by atoms with Gasteiger partial charge in [-0.25, -0.2) is 13.6 Å². The summed E-state index contributed by atoms with van der Waals surface area (Å²) in [6, 6.07) is 0.834. The third-order valence-corrected chi connectivity index (χ3v) is 1.59. The molecule has 14 heavy (non-hydrogen) atoms. The van der Waals surface area contributed by atoms with Crippen molar-refractivity contribution in [3.63, 3.8) is 0 Å². The molecule has 0 heterocycles. The molecule has 4 nitrogen and oxygen atoms in total. The summed E-state index contributed by atoms with van der Waals surface area (Å²) in [4.78, 5) is 10.3. The maximum absolute atomic E-state index is 12.9. The number of aromatic hydroxyl groups is 1. The number of aliphatic hydroxyl groups is 1. The van der Waals surface area contributed by atoms with Crippen LogP contribution in [-0.4, -0.2) is 21.3 Å². The van der Waals surface area contributed by atoms with E-state index in [0.717, 1.165) is 0 Å². The number of phenolic OH excluding ortho intramolecular Hbond substituents is 1. The Bertz CT molecular complexity index is 378. The van der Waals surface area contributed by atoms with E-state index in [0.29, 0.717) is 12.1 Å². The highest BCUT2D eigenvalue weighted by molar-refractivity contribution is 5.74. The van der Waals surface area contributed by atoms with Crippen LogP contribution in [0.15, 0.2) is 12.1 Å². The minimum absolute atomic E-state index is 0.302. The minimum atomic E-state index is -2.12. The fourth-order valence-electron chi connectivity index (χ4n) is 0.896. The summed E-state index contributed by atoms with van der Waals surface area (Å²) in [5.41, 5.74) is -0.684. The van der Waals surface area contributed by atoms with Crippen molar-refractivity contribution in [3.8, 4) is 5.75 Å². The van der Waals surface area contributed by atoms with Gasteiger partial charge >= 0.3 is 5.97 Å². The lowest BCUT2D eigenvalue weighted by atomic mass is 10.1. The number of carbonyl (C=O) groups is 1. The zero-order valence-electron chi connectivity index (χ0n) is 6.74. The Balaban J connectivity index is 3.22. The molecule has 1 aromatic rings.